The van der Waals surface area contributed by atoms with Crippen molar-refractivity contribution in [3.8, 4) is 17.2 Å². The molecule has 0 aliphatic heterocycles. The van der Waals surface area contributed by atoms with Crippen LogP contribution >= 0.6 is 22.6 Å². The molecule has 2 N–H and O–H groups in total. The first-order valence-corrected chi connectivity index (χ1v) is 13.7. The van der Waals surface area contributed by atoms with E-state index in [2.05, 4.69) is 15.6 Å². The number of esters is 1. The summed E-state index contributed by atoms with van der Waals surface area (Å²) >= 11 is 1.85. The number of ether oxygens (including phenoxy) is 4. The molecule has 3 aromatic carbocycles. The molecule has 43 heavy (non-hydrogen) atoms. The highest BCUT2D eigenvalue weighted by atomic mass is 127. The largest absolute Gasteiger partial charge is 0.497 e. The van der Waals surface area contributed by atoms with Crippen molar-refractivity contribution in [3.05, 3.63) is 97.8 Å². The van der Waals surface area contributed by atoms with Gasteiger partial charge in [-0.15, -0.1) is 0 Å². The fourth-order valence-electron chi connectivity index (χ4n) is 4.24. The average molecular weight is 711 g/mol. The van der Waals surface area contributed by atoms with Gasteiger partial charge in [-0.1, -0.05) is 0 Å². The van der Waals surface area contributed by atoms with Crippen molar-refractivity contribution >= 4 is 45.8 Å². The number of aromatic nitrogens is 1. The Kier molecular flexibility index (Phi) is 10.2. The second kappa shape index (κ2) is 13.8. The Balaban J connectivity index is 1.66. The van der Waals surface area contributed by atoms with Crippen molar-refractivity contribution in [2.24, 2.45) is 0 Å². The van der Waals surface area contributed by atoms with Crippen LogP contribution in [0.5, 0.6) is 17.2 Å². The maximum absolute atomic E-state index is 15.5. The number of nitrogens with zero attached hydrogens (tertiary/aromatic N) is 1. The Morgan fingerprint density at radius 2 is 1.58 bits per heavy atom. The Hall–Kier alpha value is -4.27. The lowest BCUT2D eigenvalue weighted by Gasteiger charge is -2.17. The molecule has 8 nitrogen and oxygen atoms in total. The van der Waals surface area contributed by atoms with Crippen molar-refractivity contribution in [1.29, 1.82) is 0 Å². The number of methoxy groups -OCH3 is 4. The van der Waals surface area contributed by atoms with E-state index < -0.39 is 46.9 Å². The van der Waals surface area contributed by atoms with E-state index in [-0.39, 0.29) is 34.9 Å². The van der Waals surface area contributed by atoms with Crippen LogP contribution in [-0.4, -0.2) is 39.4 Å². The van der Waals surface area contributed by atoms with Gasteiger partial charge in [-0.25, -0.2) is 27.3 Å². The van der Waals surface area contributed by atoms with Crippen molar-refractivity contribution in [2.75, 3.05) is 39.1 Å². The van der Waals surface area contributed by atoms with Gasteiger partial charge in [-0.2, -0.15) is 0 Å². The minimum atomic E-state index is -1.48. The lowest BCUT2D eigenvalue weighted by Crippen LogP contribution is -2.13. The number of hydrogen-bond acceptors (Lipinski definition) is 8. The van der Waals surface area contributed by atoms with Gasteiger partial charge in [0.1, 0.15) is 23.1 Å². The van der Waals surface area contributed by atoms with Crippen molar-refractivity contribution in [2.45, 2.75) is 13.0 Å². The minimum Gasteiger partial charge on any atom is -0.497 e. The first-order valence-electron chi connectivity index (χ1n) is 12.6. The van der Waals surface area contributed by atoms with Crippen LogP contribution in [0.3, 0.4) is 0 Å². The Morgan fingerprint density at radius 3 is 2.26 bits per heavy atom. The zero-order valence-corrected chi connectivity index (χ0v) is 25.6. The summed E-state index contributed by atoms with van der Waals surface area (Å²) in [7, 11) is 5.43. The van der Waals surface area contributed by atoms with E-state index in [1.54, 1.807) is 18.2 Å². The van der Waals surface area contributed by atoms with Gasteiger partial charge in [0, 0.05) is 36.9 Å². The standard InChI is InChI=1S/C30H26F4IN3O5/c1-40-18-6-5-16(23(11-18)41-2)14-37-29-26(33)15(7-8-36-29)9-17-10-19(30(39)43-4)28(27(34)25(17)32)38-22-13-24(42-3)21(35)12-20(22)31/h5-8,10-13,38H,9,14H2,1-4H3,(H,36,37). The second-order valence-corrected chi connectivity index (χ2v) is 10.2. The van der Waals surface area contributed by atoms with Crippen molar-refractivity contribution < 1.29 is 41.3 Å². The molecule has 0 saturated heterocycles. The summed E-state index contributed by atoms with van der Waals surface area (Å²) in [6.45, 7) is 0.135. The number of anilines is 3. The van der Waals surface area contributed by atoms with E-state index in [0.29, 0.717) is 20.6 Å². The number of pyridine rings is 1. The average Bonchev–Trinajstić information content (AvgIpc) is 3.01. The summed E-state index contributed by atoms with van der Waals surface area (Å²) in [5, 5.41) is 5.32. The topological polar surface area (TPSA) is 90.9 Å². The van der Waals surface area contributed by atoms with E-state index in [1.165, 1.54) is 39.7 Å². The minimum absolute atomic E-state index is 0.0255. The molecule has 1 aromatic heterocycles. The van der Waals surface area contributed by atoms with E-state index in [1.807, 2.05) is 22.6 Å². The molecule has 0 atom stereocenters. The molecular weight excluding hydrogens is 685 g/mol. The van der Waals surface area contributed by atoms with Gasteiger partial charge in [0.15, 0.2) is 23.3 Å². The molecule has 1 heterocycles. The van der Waals surface area contributed by atoms with Crippen molar-refractivity contribution in [1.82, 2.24) is 4.98 Å². The Labute approximate surface area is 258 Å². The quantitative estimate of drug-likeness (QED) is 0.0978. The van der Waals surface area contributed by atoms with Crippen LogP contribution in [0.2, 0.25) is 0 Å². The third-order valence-electron chi connectivity index (χ3n) is 6.48. The van der Waals surface area contributed by atoms with Crippen LogP contribution in [0.15, 0.2) is 48.7 Å². The molecule has 0 spiro atoms. The summed E-state index contributed by atoms with van der Waals surface area (Å²) < 4.78 is 81.9. The van der Waals surface area contributed by atoms with Crippen LogP contribution in [0, 0.1) is 26.8 Å². The number of hydrogen-bond donors (Lipinski definition) is 2. The first kappa shape index (κ1) is 31.7. The summed E-state index contributed by atoms with van der Waals surface area (Å²) in [5.41, 5.74) is -1.01. The van der Waals surface area contributed by atoms with Crippen molar-refractivity contribution in [3.63, 3.8) is 0 Å². The van der Waals surface area contributed by atoms with Gasteiger partial charge < -0.3 is 29.6 Å². The highest BCUT2D eigenvalue weighted by Crippen LogP contribution is 2.35. The van der Waals surface area contributed by atoms with E-state index in [9.17, 15) is 9.18 Å². The normalized spacial score (nSPS) is 10.7. The zero-order valence-electron chi connectivity index (χ0n) is 23.4. The molecule has 0 saturated carbocycles. The molecule has 4 rings (SSSR count). The summed E-state index contributed by atoms with van der Waals surface area (Å²) in [5.74, 6) is -4.23. The molecule has 4 aromatic rings. The fourth-order valence-corrected chi connectivity index (χ4v) is 4.89. The highest BCUT2D eigenvalue weighted by Gasteiger charge is 2.25. The maximum Gasteiger partial charge on any atom is 0.340 e. The maximum atomic E-state index is 15.5. The van der Waals surface area contributed by atoms with Gasteiger partial charge >= 0.3 is 5.97 Å². The van der Waals surface area contributed by atoms with E-state index >= 15 is 13.2 Å². The smallest absolute Gasteiger partial charge is 0.340 e. The molecular formula is C30H26F4IN3O5. The molecule has 0 aliphatic rings. The van der Waals surface area contributed by atoms with Gasteiger partial charge in [0.25, 0.3) is 0 Å². The number of nitrogens with one attached hydrogen (secondary N) is 2. The van der Waals surface area contributed by atoms with Crippen LogP contribution < -0.4 is 24.8 Å². The lowest BCUT2D eigenvalue weighted by atomic mass is 10.00. The number of carbonyl (C=O) groups is 1. The number of halogens is 5. The van der Waals surface area contributed by atoms with Gasteiger partial charge in [0.05, 0.1) is 48.9 Å². The molecule has 13 heteroatoms. The summed E-state index contributed by atoms with van der Waals surface area (Å²) in [4.78, 5) is 16.6. The number of rotatable bonds is 11. The van der Waals surface area contributed by atoms with Gasteiger partial charge in [-0.3, -0.25) is 0 Å². The predicted octanol–water partition coefficient (Wildman–Crippen LogP) is 7.00. The molecule has 0 unspecified atom stereocenters. The third kappa shape index (κ3) is 6.87. The second-order valence-electron chi connectivity index (χ2n) is 9.01. The van der Waals surface area contributed by atoms with Gasteiger partial charge in [0.2, 0.25) is 0 Å². The first-order chi connectivity index (χ1) is 20.6. The van der Waals surface area contributed by atoms with Crippen LogP contribution in [0.1, 0.15) is 27.0 Å². The summed E-state index contributed by atoms with van der Waals surface area (Å²) in [6.07, 6.45) is 0.873. The number of carbonyl (C=O) groups excluding carboxylic acids is 1. The van der Waals surface area contributed by atoms with Gasteiger partial charge in [-0.05, 0) is 64.0 Å². The van der Waals surface area contributed by atoms with Crippen LogP contribution in [-0.2, 0) is 17.7 Å². The van der Waals surface area contributed by atoms with E-state index in [0.717, 1.165) is 19.2 Å². The SMILES string of the molecule is COC(=O)c1cc(Cc2ccnc(NCc3ccc(OC)cc3OC)c2F)c(F)c(F)c1Nc1cc(OC)c(I)cc1F. The fraction of sp³-hybridized carbons (Fsp3) is 0.200. The number of benzene rings is 3. The van der Waals surface area contributed by atoms with Crippen LogP contribution in [0.25, 0.3) is 0 Å². The highest BCUT2D eigenvalue weighted by molar-refractivity contribution is 14.1. The molecule has 0 aliphatic carbocycles. The molecule has 0 bridgehead atoms. The monoisotopic (exact) mass is 711 g/mol. The van der Waals surface area contributed by atoms with E-state index in [4.69, 9.17) is 18.9 Å². The lowest BCUT2D eigenvalue weighted by molar-refractivity contribution is 0.0601. The molecule has 0 amide bonds. The summed E-state index contributed by atoms with van der Waals surface area (Å²) in [6, 6.07) is 9.85. The molecule has 226 valence electrons. The molecule has 0 radical (unpaired) electrons. The Morgan fingerprint density at radius 1 is 0.837 bits per heavy atom. The Bertz CT molecular complexity index is 1670. The van der Waals surface area contributed by atoms with Crippen LogP contribution in [0.4, 0.5) is 34.8 Å². The molecule has 0 fully saturated rings. The zero-order chi connectivity index (χ0) is 31.3. The third-order valence-corrected chi connectivity index (χ3v) is 7.32. The predicted molar refractivity (Wildman–Crippen MR) is 161 cm³/mol.